The van der Waals surface area contributed by atoms with Gasteiger partial charge in [0.25, 0.3) is 0 Å². The lowest BCUT2D eigenvalue weighted by Gasteiger charge is -2.48. The van der Waals surface area contributed by atoms with Crippen molar-refractivity contribution in [3.05, 3.63) is 36.6 Å². The summed E-state index contributed by atoms with van der Waals surface area (Å²) in [5, 5.41) is 88.4. The largest absolute Gasteiger partial charge is 0.550 e. The third-order valence-corrected chi connectivity index (χ3v) is 11.0. The second-order valence-electron chi connectivity index (χ2n) is 14.9. The number of carboxylic acids is 1. The summed E-state index contributed by atoms with van der Waals surface area (Å²) >= 11 is 0. The molecule has 1 saturated carbocycles. The van der Waals surface area contributed by atoms with Gasteiger partial charge in [0, 0.05) is 25.0 Å². The van der Waals surface area contributed by atoms with Crippen molar-refractivity contribution >= 4 is 17.9 Å². The quantitative estimate of drug-likeness (QED) is 0.0144. The van der Waals surface area contributed by atoms with Crippen LogP contribution in [0.1, 0.15) is 38.5 Å². The summed E-state index contributed by atoms with van der Waals surface area (Å²) < 4.78 is 29.6. The van der Waals surface area contributed by atoms with Gasteiger partial charge in [-0.1, -0.05) is 24.6 Å². The predicted octanol–water partition coefficient (Wildman–Crippen LogP) is -6.72. The van der Waals surface area contributed by atoms with Crippen LogP contribution in [0.2, 0.25) is 0 Å². The van der Waals surface area contributed by atoms with Crippen LogP contribution in [-0.2, 0) is 33.3 Å². The van der Waals surface area contributed by atoms with E-state index in [9.17, 15) is 50.4 Å². The maximum Gasteiger partial charge on any atom is 0.338 e. The van der Waals surface area contributed by atoms with Gasteiger partial charge in [-0.2, -0.15) is 0 Å². The molecule has 0 bridgehead atoms. The number of aliphatic carboxylic acids is 1. The second kappa shape index (κ2) is 22.2. The average Bonchev–Trinajstić information content (AvgIpc) is 3.19. The number of quaternary nitrogens is 2. The molecule has 20 heteroatoms. The first-order chi connectivity index (χ1) is 27.3. The van der Waals surface area contributed by atoms with Crippen LogP contribution in [-0.4, -0.2) is 168 Å². The van der Waals surface area contributed by atoms with Gasteiger partial charge in [0.2, 0.25) is 18.3 Å². The molecule has 0 aromatic carbocycles. The molecule has 1 aliphatic carbocycles. The summed E-state index contributed by atoms with van der Waals surface area (Å²) in [7, 11) is 1.56. The number of nitrogens with two attached hydrogens (primary N) is 2. The van der Waals surface area contributed by atoms with Crippen molar-refractivity contribution < 1.29 is 84.3 Å². The van der Waals surface area contributed by atoms with Crippen LogP contribution >= 0.6 is 0 Å². The minimum Gasteiger partial charge on any atom is -0.550 e. The fourth-order valence-corrected chi connectivity index (χ4v) is 7.82. The van der Waals surface area contributed by atoms with Crippen molar-refractivity contribution in [2.45, 2.75) is 93.6 Å². The van der Waals surface area contributed by atoms with Crippen molar-refractivity contribution in [1.29, 1.82) is 0 Å². The molecular weight excluding hydrogens is 754 g/mol. The van der Waals surface area contributed by atoms with Gasteiger partial charge < -0.3 is 90.6 Å². The van der Waals surface area contributed by atoms with Gasteiger partial charge >= 0.3 is 5.97 Å². The molecule has 57 heavy (non-hydrogen) atoms. The van der Waals surface area contributed by atoms with Crippen LogP contribution in [0.15, 0.2) is 41.6 Å². The number of carbonyl (C=O) groups is 2. The lowest BCUT2D eigenvalue weighted by molar-refractivity contribution is -0.911. The number of hydrogen-bond acceptors (Lipinski definition) is 16. The Bertz CT molecular complexity index is 1390. The molecule has 12 atom stereocenters. The Hall–Kier alpha value is -3.25. The van der Waals surface area contributed by atoms with Gasteiger partial charge in [-0.3, -0.25) is 4.99 Å². The van der Waals surface area contributed by atoms with Gasteiger partial charge in [-0.25, -0.2) is 4.79 Å². The summed E-state index contributed by atoms with van der Waals surface area (Å²) in [4.78, 5) is 31.4. The fourth-order valence-electron chi connectivity index (χ4n) is 7.82. The molecule has 0 amide bonds. The number of likely N-dealkylation sites (N-methyl/N-ethyl adjacent to an activating group) is 1. The van der Waals surface area contributed by atoms with Crippen LogP contribution < -0.4 is 26.4 Å². The fraction of sp³-hybridized carbons (Fsp3) is 0.757. The third-order valence-electron chi connectivity index (χ3n) is 11.0. The van der Waals surface area contributed by atoms with Gasteiger partial charge in [-0.05, 0) is 32.1 Å². The second-order valence-corrected chi connectivity index (χ2v) is 14.9. The van der Waals surface area contributed by atoms with Gasteiger partial charge in [-0.15, -0.1) is 6.58 Å². The number of aliphatic imine (C=N–C) groups is 1. The van der Waals surface area contributed by atoms with E-state index in [1.165, 1.54) is 17.7 Å². The van der Waals surface area contributed by atoms with Gasteiger partial charge in [0.1, 0.15) is 31.5 Å². The number of nitrogens with one attached hydrogen (secondary N) is 2. The van der Waals surface area contributed by atoms with Gasteiger partial charge in [0.15, 0.2) is 18.4 Å². The number of ether oxygens (including phenoxy) is 5. The van der Waals surface area contributed by atoms with E-state index in [1.807, 2.05) is 0 Å². The van der Waals surface area contributed by atoms with Crippen molar-refractivity contribution in [3.63, 3.8) is 0 Å². The molecule has 2 saturated heterocycles. The van der Waals surface area contributed by atoms with Crippen LogP contribution in [0.5, 0.6) is 0 Å². The summed E-state index contributed by atoms with van der Waals surface area (Å²) in [5.74, 6) is -8.57. The number of nitrogens with zero attached hydrogens (tertiary/aromatic N) is 1. The van der Waals surface area contributed by atoms with Crippen LogP contribution in [0, 0.1) is 23.7 Å². The molecule has 3 aliphatic heterocycles. The SMILES string of the molecule is C=C[C@H]1[C@@H](O[C@@H]2O[C@H](CO)[C@@H](O)C(O)(O)[C@@H]2O[C@H](CO)[NH2+]C)OC=C(C(=O)OC2CCCCC2)[C@H]1C=CC1C[NH+](CCO)CC(C(=O)[O-])C1NC(N)=NCCCO. The van der Waals surface area contributed by atoms with Crippen LogP contribution in [0.25, 0.3) is 0 Å². The summed E-state index contributed by atoms with van der Waals surface area (Å²) in [6.45, 7) is 3.15. The molecule has 0 spiro atoms. The van der Waals surface area contributed by atoms with Crippen molar-refractivity contribution in [3.8, 4) is 0 Å². The van der Waals surface area contributed by atoms with E-state index in [2.05, 4.69) is 16.9 Å². The Morgan fingerprint density at radius 2 is 1.89 bits per heavy atom. The van der Waals surface area contributed by atoms with E-state index >= 15 is 0 Å². The number of aliphatic hydroxyl groups is 7. The maximum absolute atomic E-state index is 13.9. The topological polar surface area (TPSA) is 316 Å². The number of likely N-dealkylation sites (tertiary alicyclic amines) is 1. The number of aliphatic hydroxyl groups excluding tert-OH is 5. The highest BCUT2D eigenvalue weighted by Crippen LogP contribution is 2.39. The zero-order valence-corrected chi connectivity index (χ0v) is 32.3. The number of guanidine groups is 1. The van der Waals surface area contributed by atoms with E-state index < -0.39 is 97.8 Å². The predicted molar refractivity (Wildman–Crippen MR) is 196 cm³/mol. The number of esters is 1. The molecule has 0 aromatic heterocycles. The molecule has 0 aromatic rings. The van der Waals surface area contributed by atoms with Crippen molar-refractivity contribution in [1.82, 2.24) is 5.32 Å². The Labute approximate surface area is 331 Å². The van der Waals surface area contributed by atoms with Gasteiger partial charge in [0.05, 0.1) is 69.0 Å². The van der Waals surface area contributed by atoms with Crippen molar-refractivity contribution in [2.24, 2.45) is 34.4 Å². The molecule has 20 nitrogen and oxygen atoms in total. The molecule has 3 heterocycles. The highest BCUT2D eigenvalue weighted by atomic mass is 16.8. The first kappa shape index (κ1) is 46.4. The number of rotatable bonds is 19. The zero-order valence-electron chi connectivity index (χ0n) is 32.3. The number of piperidine rings is 1. The average molecular weight is 817 g/mol. The van der Waals surface area contributed by atoms with E-state index in [4.69, 9.17) is 29.4 Å². The Morgan fingerprint density at radius 3 is 2.51 bits per heavy atom. The first-order valence-corrected chi connectivity index (χ1v) is 19.6. The summed E-state index contributed by atoms with van der Waals surface area (Å²) in [5.41, 5.74) is 6.25. The van der Waals surface area contributed by atoms with Crippen LogP contribution in [0.3, 0.4) is 0 Å². The molecule has 3 fully saturated rings. The number of carboxylic acid groups (broad SMARTS) is 1. The minimum atomic E-state index is -3.04. The normalized spacial score (nSPS) is 34.2. The van der Waals surface area contributed by atoms with E-state index in [-0.39, 0.29) is 50.5 Å². The summed E-state index contributed by atoms with van der Waals surface area (Å²) in [6, 6.07) is -0.838. The Balaban J connectivity index is 1.73. The lowest BCUT2D eigenvalue weighted by Crippen LogP contribution is -3.16. The molecule has 4 unspecified atom stereocenters. The standard InChI is InChI=1S/C37H61N5O15/c1-3-23-24(11-10-21-16-42(13-15-44)17-25(32(48)49)29(21)41-36(38)40-12-7-14-43)26(33(50)54-22-8-5-4-6-9-22)20-53-34(23)57-35-31(56-28(19-46)39-2)37(51,52)30(47)27(18-45)55-35/h3,10-11,20-25,27-31,34-35,39,43-47,51-52H,1,4-9,12-19H2,2H3,(H,48,49)(H3,38,40,41)/p+1/t21?,23-,24+,25?,27-,28-,29?,30-,31-,34-,35+/m1/s1. The lowest BCUT2D eigenvalue weighted by atomic mass is 9.79. The maximum atomic E-state index is 13.9. The monoisotopic (exact) mass is 816 g/mol. The molecule has 4 rings (SSSR count). The molecular formula is C37H62N5O15+. The summed E-state index contributed by atoms with van der Waals surface area (Å²) in [6.07, 6.45) is 0.651. The highest BCUT2D eigenvalue weighted by molar-refractivity contribution is 5.89. The van der Waals surface area contributed by atoms with E-state index in [0.29, 0.717) is 25.8 Å². The number of carbonyl (C=O) groups excluding carboxylic acids is 2. The number of allylic oxidation sites excluding steroid dienone is 1. The Kier molecular flexibility index (Phi) is 18.1. The molecule has 13 N–H and O–H groups in total. The molecule has 0 radical (unpaired) electrons. The van der Waals surface area contributed by atoms with E-state index in [0.717, 1.165) is 24.2 Å². The zero-order chi connectivity index (χ0) is 41.7. The minimum absolute atomic E-state index is 0.0349. The number of hydrogen-bond donors (Lipinski definition) is 11. The third kappa shape index (κ3) is 11.9. The first-order valence-electron chi connectivity index (χ1n) is 19.6. The molecule has 324 valence electrons. The smallest absolute Gasteiger partial charge is 0.338 e. The Morgan fingerprint density at radius 1 is 1.16 bits per heavy atom. The molecule has 4 aliphatic rings. The van der Waals surface area contributed by atoms with Crippen molar-refractivity contribution in [2.75, 3.05) is 59.7 Å². The van der Waals surface area contributed by atoms with Crippen LogP contribution in [0.4, 0.5) is 0 Å². The highest BCUT2D eigenvalue weighted by Gasteiger charge is 2.58. The van der Waals surface area contributed by atoms with E-state index in [1.54, 1.807) is 19.2 Å².